The zero-order valence-corrected chi connectivity index (χ0v) is 12.9. The minimum Gasteiger partial charge on any atom is -0.356 e. The van der Waals surface area contributed by atoms with Crippen molar-refractivity contribution in [3.05, 3.63) is 5.01 Å². The van der Waals surface area contributed by atoms with Gasteiger partial charge < -0.3 is 10.6 Å². The molecule has 0 aliphatic heterocycles. The number of carbonyl (C=O) groups excluding carboxylic acids is 2. The second-order valence-corrected chi connectivity index (χ2v) is 5.65. The Kier molecular flexibility index (Phi) is 7.79. The van der Waals surface area contributed by atoms with Gasteiger partial charge in [0.15, 0.2) is 0 Å². The lowest BCUT2D eigenvalue weighted by molar-refractivity contribution is -0.119. The topological polar surface area (TPSA) is 84.0 Å². The molecule has 2 amide bonds. The third kappa shape index (κ3) is 7.18. The number of aryl methyl sites for hydroxylation is 1. The molecule has 0 bridgehead atoms. The maximum atomic E-state index is 11.7. The largest absolute Gasteiger partial charge is 0.356 e. The molecule has 0 unspecified atom stereocenters. The number of nitrogens with one attached hydrogen (secondary N) is 2. The van der Waals surface area contributed by atoms with Crippen molar-refractivity contribution in [3.8, 4) is 0 Å². The van der Waals surface area contributed by atoms with Crippen LogP contribution in [0.1, 0.15) is 51.0 Å². The van der Waals surface area contributed by atoms with Crippen molar-refractivity contribution in [1.82, 2.24) is 15.5 Å². The van der Waals surface area contributed by atoms with E-state index in [1.54, 1.807) is 0 Å². The summed E-state index contributed by atoms with van der Waals surface area (Å²) in [6.07, 6.45) is 5.03. The molecular weight excluding hydrogens is 276 g/mol. The number of anilines is 1. The number of carbonyl (C=O) groups is 2. The van der Waals surface area contributed by atoms with E-state index in [1.165, 1.54) is 18.3 Å². The summed E-state index contributed by atoms with van der Waals surface area (Å²) in [5.41, 5.74) is 0. The van der Waals surface area contributed by atoms with Gasteiger partial charge in [-0.2, -0.15) is 0 Å². The van der Waals surface area contributed by atoms with Gasteiger partial charge in [0.25, 0.3) is 0 Å². The van der Waals surface area contributed by atoms with E-state index in [9.17, 15) is 9.59 Å². The van der Waals surface area contributed by atoms with Gasteiger partial charge in [-0.05, 0) is 19.3 Å². The summed E-state index contributed by atoms with van der Waals surface area (Å²) >= 11 is 1.43. The fraction of sp³-hybridized carbons (Fsp3) is 0.692. The summed E-state index contributed by atoms with van der Waals surface area (Å²) in [7, 11) is 0. The lowest BCUT2D eigenvalue weighted by Crippen LogP contribution is -2.20. The normalized spacial score (nSPS) is 10.3. The van der Waals surface area contributed by atoms with Gasteiger partial charge in [0.05, 0.1) is 0 Å². The average Bonchev–Trinajstić information content (AvgIpc) is 2.81. The zero-order valence-electron chi connectivity index (χ0n) is 12.1. The summed E-state index contributed by atoms with van der Waals surface area (Å²) in [6, 6.07) is 0. The molecule has 0 aliphatic rings. The van der Waals surface area contributed by atoms with E-state index in [0.29, 0.717) is 18.1 Å². The molecule has 0 saturated heterocycles. The summed E-state index contributed by atoms with van der Waals surface area (Å²) < 4.78 is 0. The minimum atomic E-state index is -0.0243. The van der Waals surface area contributed by atoms with Gasteiger partial charge in [-0.3, -0.25) is 9.59 Å². The number of rotatable bonds is 9. The van der Waals surface area contributed by atoms with Crippen LogP contribution in [0.3, 0.4) is 0 Å². The molecule has 1 heterocycles. The summed E-state index contributed by atoms with van der Waals surface area (Å²) in [4.78, 5) is 22.3. The molecule has 0 atom stereocenters. The molecule has 6 nitrogen and oxygen atoms in total. The molecule has 0 saturated carbocycles. The van der Waals surface area contributed by atoms with Crippen LogP contribution in [0, 0.1) is 0 Å². The maximum absolute atomic E-state index is 11.7. The van der Waals surface area contributed by atoms with E-state index < -0.39 is 0 Å². The molecule has 7 heteroatoms. The molecule has 1 rings (SSSR count). The van der Waals surface area contributed by atoms with Gasteiger partial charge in [0.1, 0.15) is 5.01 Å². The number of hydrogen-bond acceptors (Lipinski definition) is 5. The van der Waals surface area contributed by atoms with Crippen molar-refractivity contribution in [2.45, 2.75) is 52.4 Å². The van der Waals surface area contributed by atoms with Crippen LogP contribution in [0.25, 0.3) is 0 Å². The molecule has 0 fully saturated rings. The standard InChI is InChI=1S/C13H22N4O2S/c1-3-7-12-16-17-13(20-12)15-11(19)8-5-4-6-9-14-10(2)18/h3-9H2,1-2H3,(H,14,18)(H,15,17,19). The van der Waals surface area contributed by atoms with Gasteiger partial charge in [0.2, 0.25) is 16.9 Å². The number of amides is 2. The van der Waals surface area contributed by atoms with Crippen molar-refractivity contribution in [2.75, 3.05) is 11.9 Å². The predicted octanol–water partition coefficient (Wildman–Crippen LogP) is 2.13. The van der Waals surface area contributed by atoms with Gasteiger partial charge in [-0.15, -0.1) is 10.2 Å². The third-order valence-corrected chi connectivity index (χ3v) is 3.53. The fourth-order valence-electron chi connectivity index (χ4n) is 1.65. The first kappa shape index (κ1) is 16.6. The molecule has 1 aromatic heterocycles. The molecule has 112 valence electrons. The fourth-order valence-corrected chi connectivity index (χ4v) is 2.51. The van der Waals surface area contributed by atoms with Crippen LogP contribution < -0.4 is 10.6 Å². The lowest BCUT2D eigenvalue weighted by Gasteiger charge is -2.02. The zero-order chi connectivity index (χ0) is 14.8. The monoisotopic (exact) mass is 298 g/mol. The highest BCUT2D eigenvalue weighted by atomic mass is 32.1. The molecule has 20 heavy (non-hydrogen) atoms. The first-order chi connectivity index (χ1) is 9.61. The van der Waals surface area contributed by atoms with Crippen LogP contribution in [0.5, 0.6) is 0 Å². The Morgan fingerprint density at radius 3 is 2.70 bits per heavy atom. The smallest absolute Gasteiger partial charge is 0.226 e. The third-order valence-electron chi connectivity index (χ3n) is 2.63. The van der Waals surface area contributed by atoms with Gasteiger partial charge >= 0.3 is 0 Å². The van der Waals surface area contributed by atoms with Gasteiger partial charge in [-0.1, -0.05) is 24.7 Å². The quantitative estimate of drug-likeness (QED) is 0.684. The van der Waals surface area contributed by atoms with Crippen LogP contribution in [0.2, 0.25) is 0 Å². The van der Waals surface area contributed by atoms with Crippen molar-refractivity contribution in [3.63, 3.8) is 0 Å². The summed E-state index contributed by atoms with van der Waals surface area (Å²) in [5.74, 6) is -0.0365. The second-order valence-electron chi connectivity index (χ2n) is 4.59. The second kappa shape index (κ2) is 9.41. The Bertz CT molecular complexity index is 434. The minimum absolute atomic E-state index is 0.0121. The van der Waals surface area contributed by atoms with Crippen molar-refractivity contribution in [1.29, 1.82) is 0 Å². The first-order valence-corrected chi connectivity index (χ1v) is 7.80. The Morgan fingerprint density at radius 1 is 1.20 bits per heavy atom. The Labute approximate surface area is 123 Å². The predicted molar refractivity (Wildman–Crippen MR) is 79.7 cm³/mol. The highest BCUT2D eigenvalue weighted by molar-refractivity contribution is 7.15. The molecule has 0 aliphatic carbocycles. The van der Waals surface area contributed by atoms with Crippen LogP contribution in [0.4, 0.5) is 5.13 Å². The Hall–Kier alpha value is -1.50. The number of unbranched alkanes of at least 4 members (excludes halogenated alkanes) is 2. The van der Waals surface area contributed by atoms with Crippen LogP contribution >= 0.6 is 11.3 Å². The number of nitrogens with zero attached hydrogens (tertiary/aromatic N) is 2. The van der Waals surface area contributed by atoms with E-state index in [0.717, 1.165) is 37.1 Å². The number of hydrogen-bond donors (Lipinski definition) is 2. The molecule has 0 radical (unpaired) electrons. The SMILES string of the molecule is CCCc1nnc(NC(=O)CCCCCNC(C)=O)s1. The maximum Gasteiger partial charge on any atom is 0.226 e. The van der Waals surface area contributed by atoms with Crippen LogP contribution in [-0.2, 0) is 16.0 Å². The Morgan fingerprint density at radius 2 is 2.00 bits per heavy atom. The highest BCUT2D eigenvalue weighted by Crippen LogP contribution is 2.16. The summed E-state index contributed by atoms with van der Waals surface area (Å²) in [5, 5.41) is 15.0. The molecule has 1 aromatic rings. The van der Waals surface area contributed by atoms with Crippen molar-refractivity contribution < 1.29 is 9.59 Å². The number of aromatic nitrogens is 2. The lowest BCUT2D eigenvalue weighted by atomic mass is 10.2. The van der Waals surface area contributed by atoms with Crippen LogP contribution in [0.15, 0.2) is 0 Å². The first-order valence-electron chi connectivity index (χ1n) is 6.98. The summed E-state index contributed by atoms with van der Waals surface area (Å²) in [6.45, 7) is 4.26. The van der Waals surface area contributed by atoms with Gasteiger partial charge in [0, 0.05) is 26.3 Å². The molecule has 0 aromatic carbocycles. The van der Waals surface area contributed by atoms with Crippen LogP contribution in [-0.4, -0.2) is 28.6 Å². The molecule has 0 spiro atoms. The molecule has 2 N–H and O–H groups in total. The van der Waals surface area contributed by atoms with Gasteiger partial charge in [-0.25, -0.2) is 0 Å². The Balaban J connectivity index is 2.11. The average molecular weight is 298 g/mol. The van der Waals surface area contributed by atoms with E-state index in [4.69, 9.17) is 0 Å². The van der Waals surface area contributed by atoms with E-state index in [2.05, 4.69) is 27.8 Å². The highest BCUT2D eigenvalue weighted by Gasteiger charge is 2.07. The molecular formula is C13H22N4O2S. The van der Waals surface area contributed by atoms with Crippen molar-refractivity contribution in [2.24, 2.45) is 0 Å². The van der Waals surface area contributed by atoms with E-state index >= 15 is 0 Å². The van der Waals surface area contributed by atoms with E-state index in [-0.39, 0.29) is 11.8 Å². The van der Waals surface area contributed by atoms with Crippen molar-refractivity contribution >= 4 is 28.3 Å². The van der Waals surface area contributed by atoms with E-state index in [1.807, 2.05) is 0 Å².